The Morgan fingerprint density at radius 2 is 1.80 bits per heavy atom. The first kappa shape index (κ1) is 17.0. The molecule has 1 N–H and O–H groups in total. The van der Waals surface area contributed by atoms with Gasteiger partial charge in [-0.05, 0) is 33.4 Å². The number of ether oxygens (including phenoxy) is 1. The van der Waals surface area contributed by atoms with Crippen LogP contribution in [0.2, 0.25) is 0 Å². The summed E-state index contributed by atoms with van der Waals surface area (Å²) in [6.45, 7) is 7.39. The maximum Gasteiger partial charge on any atom is 0.124 e. The van der Waals surface area contributed by atoms with E-state index in [-0.39, 0.29) is 0 Å². The molecule has 1 unspecified atom stereocenters. The van der Waals surface area contributed by atoms with E-state index in [2.05, 4.69) is 44.3 Å². The summed E-state index contributed by atoms with van der Waals surface area (Å²) < 4.78 is 5.98. The van der Waals surface area contributed by atoms with Gasteiger partial charge in [0, 0.05) is 11.6 Å². The molecule has 1 atom stereocenters. The number of nitrogens with one attached hydrogen (secondary N) is 1. The lowest BCUT2D eigenvalue weighted by Gasteiger charge is -2.17. The lowest BCUT2D eigenvalue weighted by Crippen LogP contribution is -2.14. The number of aryl methyl sites for hydroxylation is 1. The van der Waals surface area contributed by atoms with E-state index in [0.717, 1.165) is 18.8 Å². The molecule has 1 aromatic rings. The van der Waals surface area contributed by atoms with Crippen LogP contribution < -0.4 is 10.1 Å². The minimum atomic E-state index is 0.328. The van der Waals surface area contributed by atoms with Crippen molar-refractivity contribution in [1.29, 1.82) is 0 Å². The summed E-state index contributed by atoms with van der Waals surface area (Å²) in [5, 5.41) is 3.29. The molecule has 0 aliphatic carbocycles. The molecule has 0 heterocycles. The Labute approximate surface area is 124 Å². The van der Waals surface area contributed by atoms with Crippen molar-refractivity contribution in [1.82, 2.24) is 5.32 Å². The summed E-state index contributed by atoms with van der Waals surface area (Å²) in [7, 11) is 1.99. The topological polar surface area (TPSA) is 21.3 Å². The van der Waals surface area contributed by atoms with Crippen molar-refractivity contribution in [2.75, 3.05) is 13.7 Å². The van der Waals surface area contributed by atoms with Crippen LogP contribution in [0.5, 0.6) is 5.75 Å². The van der Waals surface area contributed by atoms with Gasteiger partial charge < -0.3 is 10.1 Å². The molecule has 1 rings (SSSR count). The van der Waals surface area contributed by atoms with E-state index in [4.69, 9.17) is 4.74 Å². The van der Waals surface area contributed by atoms with Gasteiger partial charge >= 0.3 is 0 Å². The molecule has 1 aromatic carbocycles. The van der Waals surface area contributed by atoms with E-state index in [1.54, 1.807) is 0 Å². The zero-order valence-electron chi connectivity index (χ0n) is 13.7. The molecule has 0 spiro atoms. The van der Waals surface area contributed by atoms with Crippen molar-refractivity contribution >= 4 is 0 Å². The van der Waals surface area contributed by atoms with Crippen molar-refractivity contribution in [2.24, 2.45) is 0 Å². The number of unbranched alkanes of at least 4 members (excludes halogenated alkanes) is 5. The minimum absolute atomic E-state index is 0.328. The third-order valence-corrected chi connectivity index (χ3v) is 3.82. The van der Waals surface area contributed by atoms with Gasteiger partial charge in [-0.15, -0.1) is 0 Å². The lowest BCUT2D eigenvalue weighted by atomic mass is 10.0. The Kier molecular flexibility index (Phi) is 8.36. The fourth-order valence-electron chi connectivity index (χ4n) is 2.36. The molecule has 0 aromatic heterocycles. The third kappa shape index (κ3) is 5.96. The lowest BCUT2D eigenvalue weighted by molar-refractivity contribution is 0.299. The maximum atomic E-state index is 5.98. The minimum Gasteiger partial charge on any atom is -0.493 e. The van der Waals surface area contributed by atoms with Gasteiger partial charge in [-0.25, -0.2) is 0 Å². The van der Waals surface area contributed by atoms with E-state index < -0.39 is 0 Å². The van der Waals surface area contributed by atoms with Crippen molar-refractivity contribution in [3.05, 3.63) is 29.3 Å². The van der Waals surface area contributed by atoms with Crippen molar-refractivity contribution in [2.45, 2.75) is 65.3 Å². The van der Waals surface area contributed by atoms with Crippen molar-refractivity contribution in [3.8, 4) is 5.75 Å². The van der Waals surface area contributed by atoms with Crippen molar-refractivity contribution < 1.29 is 4.74 Å². The summed E-state index contributed by atoms with van der Waals surface area (Å²) in [5.74, 6) is 1.03. The molecule has 0 aliphatic rings. The highest BCUT2D eigenvalue weighted by molar-refractivity contribution is 5.38. The Morgan fingerprint density at radius 3 is 2.50 bits per heavy atom. The van der Waals surface area contributed by atoms with Crippen LogP contribution in [0.1, 0.15) is 69.5 Å². The second-order valence-electron chi connectivity index (χ2n) is 5.67. The van der Waals surface area contributed by atoms with Crippen LogP contribution in [0, 0.1) is 6.92 Å². The van der Waals surface area contributed by atoms with E-state index >= 15 is 0 Å². The second kappa shape index (κ2) is 9.82. The zero-order chi connectivity index (χ0) is 14.8. The maximum absolute atomic E-state index is 5.98. The SMILES string of the molecule is CCCCCCCCOc1ccc(C)cc1C(C)NC. The first-order chi connectivity index (χ1) is 9.69. The molecule has 0 saturated heterocycles. The standard InChI is InChI=1S/C18H31NO/c1-5-6-7-8-9-10-13-20-18-12-11-15(2)14-17(18)16(3)19-4/h11-12,14,16,19H,5-10,13H2,1-4H3. The third-order valence-electron chi connectivity index (χ3n) is 3.82. The second-order valence-corrected chi connectivity index (χ2v) is 5.67. The molecule has 0 radical (unpaired) electrons. The Morgan fingerprint density at radius 1 is 1.10 bits per heavy atom. The van der Waals surface area contributed by atoms with Gasteiger partial charge in [0.2, 0.25) is 0 Å². The summed E-state index contributed by atoms with van der Waals surface area (Å²) >= 11 is 0. The summed E-state index contributed by atoms with van der Waals surface area (Å²) in [6, 6.07) is 6.78. The number of rotatable bonds is 10. The van der Waals surface area contributed by atoms with Gasteiger partial charge in [0.05, 0.1) is 6.61 Å². The number of benzene rings is 1. The molecule has 0 amide bonds. The molecule has 0 aliphatic heterocycles. The zero-order valence-corrected chi connectivity index (χ0v) is 13.7. The predicted octanol–water partition coefficient (Wildman–Crippen LogP) is 5.01. The van der Waals surface area contributed by atoms with Gasteiger partial charge in [0.15, 0.2) is 0 Å². The highest BCUT2D eigenvalue weighted by atomic mass is 16.5. The van der Waals surface area contributed by atoms with Crippen LogP contribution in [0.3, 0.4) is 0 Å². The van der Waals surface area contributed by atoms with E-state index in [1.807, 2.05) is 7.05 Å². The highest BCUT2D eigenvalue weighted by Gasteiger charge is 2.10. The fourth-order valence-corrected chi connectivity index (χ4v) is 2.36. The van der Waals surface area contributed by atoms with E-state index in [9.17, 15) is 0 Å². The van der Waals surface area contributed by atoms with Gasteiger partial charge in [-0.1, -0.05) is 56.7 Å². The molecule has 20 heavy (non-hydrogen) atoms. The molecular weight excluding hydrogens is 246 g/mol. The van der Waals surface area contributed by atoms with E-state index in [1.165, 1.54) is 43.2 Å². The number of hydrogen-bond acceptors (Lipinski definition) is 2. The molecule has 0 fully saturated rings. The average Bonchev–Trinajstić information content (AvgIpc) is 2.46. The monoisotopic (exact) mass is 277 g/mol. The van der Waals surface area contributed by atoms with Crippen LogP contribution in [0.4, 0.5) is 0 Å². The summed E-state index contributed by atoms with van der Waals surface area (Å²) in [5.41, 5.74) is 2.55. The van der Waals surface area contributed by atoms with Crippen LogP contribution in [-0.2, 0) is 0 Å². The highest BCUT2D eigenvalue weighted by Crippen LogP contribution is 2.26. The van der Waals surface area contributed by atoms with Gasteiger partial charge in [-0.3, -0.25) is 0 Å². The summed E-state index contributed by atoms with van der Waals surface area (Å²) in [4.78, 5) is 0. The average molecular weight is 277 g/mol. The number of hydrogen-bond donors (Lipinski definition) is 1. The molecule has 0 bridgehead atoms. The Balaban J connectivity index is 2.39. The molecule has 2 heteroatoms. The van der Waals surface area contributed by atoms with Crippen LogP contribution in [-0.4, -0.2) is 13.7 Å². The molecule has 114 valence electrons. The first-order valence-electron chi connectivity index (χ1n) is 8.09. The molecular formula is C18H31NO. The van der Waals surface area contributed by atoms with Crippen LogP contribution in [0.25, 0.3) is 0 Å². The van der Waals surface area contributed by atoms with Gasteiger partial charge in [0.25, 0.3) is 0 Å². The molecule has 2 nitrogen and oxygen atoms in total. The molecule has 0 saturated carbocycles. The quantitative estimate of drug-likeness (QED) is 0.607. The summed E-state index contributed by atoms with van der Waals surface area (Å²) in [6.07, 6.45) is 7.81. The smallest absolute Gasteiger partial charge is 0.124 e. The fraction of sp³-hybridized carbons (Fsp3) is 0.667. The van der Waals surface area contributed by atoms with Gasteiger partial charge in [0.1, 0.15) is 5.75 Å². The first-order valence-corrected chi connectivity index (χ1v) is 8.09. The van der Waals surface area contributed by atoms with Crippen LogP contribution >= 0.6 is 0 Å². The van der Waals surface area contributed by atoms with E-state index in [0.29, 0.717) is 6.04 Å². The van der Waals surface area contributed by atoms with Crippen molar-refractivity contribution in [3.63, 3.8) is 0 Å². The van der Waals surface area contributed by atoms with Gasteiger partial charge in [-0.2, -0.15) is 0 Å². The predicted molar refractivity (Wildman–Crippen MR) is 87.5 cm³/mol. The largest absolute Gasteiger partial charge is 0.493 e. The Bertz CT molecular complexity index is 376. The van der Waals surface area contributed by atoms with Crippen LogP contribution in [0.15, 0.2) is 18.2 Å². The Hall–Kier alpha value is -1.02. The normalized spacial score (nSPS) is 12.4.